The SMILES string of the molecule is CCc1ccc(NC(=O)[C@@H](C)OC(=O)/C=C/c2cc(OC)c(OC)c(OC)c2)cc1. The Morgan fingerprint density at radius 1 is 1.00 bits per heavy atom. The maximum Gasteiger partial charge on any atom is 0.331 e. The molecule has 2 aromatic rings. The lowest BCUT2D eigenvalue weighted by molar-refractivity contribution is -0.148. The minimum atomic E-state index is -0.951. The lowest BCUT2D eigenvalue weighted by atomic mass is 10.1. The number of nitrogens with one attached hydrogen (secondary N) is 1. The van der Waals surface area contributed by atoms with Gasteiger partial charge < -0.3 is 24.3 Å². The van der Waals surface area contributed by atoms with Crippen LogP contribution in [0.2, 0.25) is 0 Å². The van der Waals surface area contributed by atoms with E-state index in [9.17, 15) is 9.59 Å². The highest BCUT2D eigenvalue weighted by Gasteiger charge is 2.17. The lowest BCUT2D eigenvalue weighted by Crippen LogP contribution is -2.29. The summed E-state index contributed by atoms with van der Waals surface area (Å²) in [6.07, 6.45) is 2.75. The molecule has 2 rings (SSSR count). The van der Waals surface area contributed by atoms with E-state index in [1.807, 2.05) is 24.3 Å². The smallest absolute Gasteiger partial charge is 0.331 e. The third-order valence-corrected chi connectivity index (χ3v) is 4.39. The van der Waals surface area contributed by atoms with Crippen LogP contribution >= 0.6 is 0 Å². The Bertz CT molecular complexity index is 879. The number of carbonyl (C=O) groups excluding carboxylic acids is 2. The van der Waals surface area contributed by atoms with E-state index in [4.69, 9.17) is 18.9 Å². The number of esters is 1. The van der Waals surface area contributed by atoms with Crippen LogP contribution in [-0.2, 0) is 20.7 Å². The Kier molecular flexibility index (Phi) is 8.29. The van der Waals surface area contributed by atoms with Gasteiger partial charge in [0.15, 0.2) is 17.6 Å². The maximum atomic E-state index is 12.3. The van der Waals surface area contributed by atoms with E-state index in [2.05, 4.69) is 12.2 Å². The summed E-state index contributed by atoms with van der Waals surface area (Å²) in [5.41, 5.74) is 2.46. The fourth-order valence-electron chi connectivity index (χ4n) is 2.70. The molecule has 7 nitrogen and oxygen atoms in total. The molecule has 1 atom stereocenters. The highest BCUT2D eigenvalue weighted by Crippen LogP contribution is 2.38. The van der Waals surface area contributed by atoms with Crippen molar-refractivity contribution < 1.29 is 28.5 Å². The molecule has 0 spiro atoms. The normalized spacial score (nSPS) is 11.6. The summed E-state index contributed by atoms with van der Waals surface area (Å²) in [5.74, 6) is 0.330. The molecule has 0 heterocycles. The zero-order valence-electron chi connectivity index (χ0n) is 17.9. The van der Waals surface area contributed by atoms with Crippen LogP contribution in [0.5, 0.6) is 17.2 Å². The van der Waals surface area contributed by atoms with Gasteiger partial charge in [0.2, 0.25) is 5.75 Å². The second-order valence-electron chi connectivity index (χ2n) is 6.41. The van der Waals surface area contributed by atoms with Gasteiger partial charge >= 0.3 is 5.97 Å². The van der Waals surface area contributed by atoms with Crippen molar-refractivity contribution in [1.82, 2.24) is 0 Å². The second-order valence-corrected chi connectivity index (χ2v) is 6.41. The monoisotopic (exact) mass is 413 g/mol. The van der Waals surface area contributed by atoms with E-state index >= 15 is 0 Å². The van der Waals surface area contributed by atoms with Crippen LogP contribution in [0.1, 0.15) is 25.0 Å². The molecule has 0 aliphatic heterocycles. The lowest BCUT2D eigenvalue weighted by Gasteiger charge is -2.13. The van der Waals surface area contributed by atoms with Gasteiger partial charge in [0.05, 0.1) is 21.3 Å². The number of ether oxygens (including phenoxy) is 4. The van der Waals surface area contributed by atoms with Crippen LogP contribution < -0.4 is 19.5 Å². The third-order valence-electron chi connectivity index (χ3n) is 4.39. The van der Waals surface area contributed by atoms with Gasteiger partial charge in [0.25, 0.3) is 5.91 Å². The standard InChI is InChI=1S/C23H27NO6/c1-6-16-7-10-18(11-8-16)24-23(26)15(2)30-21(25)12-9-17-13-19(27-3)22(29-5)20(14-17)28-4/h7-15H,6H2,1-5H3,(H,24,26)/b12-9+/t15-/m1/s1. The molecule has 0 saturated carbocycles. The predicted molar refractivity (Wildman–Crippen MR) is 115 cm³/mol. The fraction of sp³-hybridized carbons (Fsp3) is 0.304. The van der Waals surface area contributed by atoms with Crippen molar-refractivity contribution in [3.63, 3.8) is 0 Å². The largest absolute Gasteiger partial charge is 0.493 e. The van der Waals surface area contributed by atoms with Crippen LogP contribution in [0.25, 0.3) is 6.08 Å². The van der Waals surface area contributed by atoms with Crippen molar-refractivity contribution in [2.45, 2.75) is 26.4 Å². The second kappa shape index (κ2) is 10.9. The number of rotatable bonds is 9. The van der Waals surface area contributed by atoms with E-state index in [1.165, 1.54) is 39.9 Å². The zero-order chi connectivity index (χ0) is 22.1. The minimum Gasteiger partial charge on any atom is -0.493 e. The molecule has 30 heavy (non-hydrogen) atoms. The van der Waals surface area contributed by atoms with Crippen LogP contribution in [0.15, 0.2) is 42.5 Å². The van der Waals surface area contributed by atoms with Gasteiger partial charge in [-0.05, 0) is 54.8 Å². The molecule has 0 bridgehead atoms. The summed E-state index contributed by atoms with van der Waals surface area (Å²) in [7, 11) is 4.53. The van der Waals surface area contributed by atoms with Crippen molar-refractivity contribution in [2.75, 3.05) is 26.6 Å². The number of methoxy groups -OCH3 is 3. The zero-order valence-corrected chi connectivity index (χ0v) is 17.9. The average Bonchev–Trinajstić information content (AvgIpc) is 2.77. The first kappa shape index (κ1) is 22.8. The van der Waals surface area contributed by atoms with Gasteiger partial charge in [-0.25, -0.2) is 4.79 Å². The van der Waals surface area contributed by atoms with Crippen LogP contribution in [0.4, 0.5) is 5.69 Å². The summed E-state index contributed by atoms with van der Waals surface area (Å²) in [4.78, 5) is 24.4. The Balaban J connectivity index is 2.00. The molecule has 1 amide bonds. The number of benzene rings is 2. The molecule has 2 aromatic carbocycles. The first-order valence-corrected chi connectivity index (χ1v) is 9.50. The molecule has 0 aromatic heterocycles. The maximum absolute atomic E-state index is 12.3. The van der Waals surface area contributed by atoms with Crippen molar-refractivity contribution in [1.29, 1.82) is 0 Å². The quantitative estimate of drug-likeness (QED) is 0.497. The highest BCUT2D eigenvalue weighted by molar-refractivity contribution is 5.96. The summed E-state index contributed by atoms with van der Waals surface area (Å²) in [6, 6.07) is 10.9. The molecule has 0 fully saturated rings. The van der Waals surface area contributed by atoms with Crippen LogP contribution in [0, 0.1) is 0 Å². The van der Waals surface area contributed by atoms with Gasteiger partial charge in [-0.1, -0.05) is 19.1 Å². The molecule has 0 saturated heterocycles. The Morgan fingerprint density at radius 2 is 1.60 bits per heavy atom. The van der Waals surface area contributed by atoms with E-state index in [0.717, 1.165) is 6.42 Å². The summed E-state index contributed by atoms with van der Waals surface area (Å²) >= 11 is 0. The third kappa shape index (κ3) is 6.01. The van der Waals surface area contributed by atoms with Crippen molar-refractivity contribution >= 4 is 23.6 Å². The van der Waals surface area contributed by atoms with Crippen LogP contribution in [-0.4, -0.2) is 39.3 Å². The molecule has 0 aliphatic rings. The molecule has 1 N–H and O–H groups in total. The molecular formula is C23H27NO6. The highest BCUT2D eigenvalue weighted by atomic mass is 16.5. The number of amides is 1. The average molecular weight is 413 g/mol. The molecule has 0 aliphatic carbocycles. The van der Waals surface area contributed by atoms with E-state index in [-0.39, 0.29) is 0 Å². The number of carbonyl (C=O) groups is 2. The van der Waals surface area contributed by atoms with E-state index < -0.39 is 18.0 Å². The van der Waals surface area contributed by atoms with Gasteiger partial charge in [-0.3, -0.25) is 4.79 Å². The first-order valence-electron chi connectivity index (χ1n) is 9.50. The first-order chi connectivity index (χ1) is 14.4. The number of hydrogen-bond donors (Lipinski definition) is 1. The minimum absolute atomic E-state index is 0.409. The Hall–Kier alpha value is -3.48. The summed E-state index contributed by atoms with van der Waals surface area (Å²) in [5, 5.41) is 2.73. The molecule has 0 radical (unpaired) electrons. The molecule has 160 valence electrons. The van der Waals surface area contributed by atoms with Gasteiger partial charge in [0, 0.05) is 11.8 Å². The number of hydrogen-bond acceptors (Lipinski definition) is 6. The van der Waals surface area contributed by atoms with Crippen molar-refractivity contribution in [3.8, 4) is 17.2 Å². The van der Waals surface area contributed by atoms with Crippen molar-refractivity contribution in [3.05, 3.63) is 53.6 Å². The van der Waals surface area contributed by atoms with Gasteiger partial charge in [0.1, 0.15) is 0 Å². The fourth-order valence-corrected chi connectivity index (χ4v) is 2.70. The van der Waals surface area contributed by atoms with Gasteiger partial charge in [-0.2, -0.15) is 0 Å². The molecular weight excluding hydrogens is 386 g/mol. The van der Waals surface area contributed by atoms with Crippen molar-refractivity contribution in [2.24, 2.45) is 0 Å². The summed E-state index contributed by atoms with van der Waals surface area (Å²) < 4.78 is 21.0. The topological polar surface area (TPSA) is 83.1 Å². The van der Waals surface area contributed by atoms with E-state index in [0.29, 0.717) is 28.5 Å². The van der Waals surface area contributed by atoms with Gasteiger partial charge in [-0.15, -0.1) is 0 Å². The number of aryl methyl sites for hydroxylation is 1. The van der Waals surface area contributed by atoms with E-state index in [1.54, 1.807) is 18.2 Å². The molecule has 7 heteroatoms. The molecule has 0 unspecified atom stereocenters. The van der Waals surface area contributed by atoms with Crippen LogP contribution in [0.3, 0.4) is 0 Å². The Morgan fingerprint density at radius 3 is 2.10 bits per heavy atom. The summed E-state index contributed by atoms with van der Waals surface area (Å²) in [6.45, 7) is 3.57. The number of anilines is 1. The Labute approximate surface area is 176 Å². The predicted octanol–water partition coefficient (Wildman–Crippen LogP) is 3.86.